The molecule has 0 spiro atoms. The molecule has 0 aliphatic heterocycles. The number of aromatic nitrogens is 2. The molecular weight excluding hydrogens is 259 g/mol. The minimum atomic E-state index is -3.10. The third-order valence-corrected chi connectivity index (χ3v) is 2.59. The van der Waals surface area contributed by atoms with Gasteiger partial charge in [0.1, 0.15) is 5.82 Å². The number of nitrogen functional groups attached to an aromatic ring is 1. The number of aryl methyl sites for hydroxylation is 1. The van der Waals surface area contributed by atoms with E-state index in [2.05, 4.69) is 9.72 Å². The first-order valence-corrected chi connectivity index (χ1v) is 5.59. The van der Waals surface area contributed by atoms with Crippen molar-refractivity contribution in [1.82, 2.24) is 9.55 Å². The minimum absolute atomic E-state index is 0.117. The number of rotatable bonds is 4. The highest BCUT2D eigenvalue weighted by atomic mass is 19.3. The van der Waals surface area contributed by atoms with E-state index in [1.54, 1.807) is 17.0 Å². The van der Waals surface area contributed by atoms with E-state index in [0.717, 1.165) is 12.1 Å². The molecule has 0 saturated carbocycles. The van der Waals surface area contributed by atoms with Gasteiger partial charge in [0.2, 0.25) is 0 Å². The predicted octanol–water partition coefficient (Wildman–Crippen LogP) is 2.76. The number of benzene rings is 1. The van der Waals surface area contributed by atoms with Crippen molar-refractivity contribution < 1.29 is 17.9 Å². The fourth-order valence-corrected chi connectivity index (χ4v) is 1.77. The van der Waals surface area contributed by atoms with Crippen molar-refractivity contribution >= 4 is 5.69 Å². The van der Waals surface area contributed by atoms with Crippen LogP contribution in [0.15, 0.2) is 24.5 Å². The van der Waals surface area contributed by atoms with Crippen molar-refractivity contribution in [2.45, 2.75) is 20.0 Å². The van der Waals surface area contributed by atoms with Crippen LogP contribution in [0.2, 0.25) is 0 Å². The van der Waals surface area contributed by atoms with Crippen LogP contribution in [0, 0.1) is 5.82 Å². The summed E-state index contributed by atoms with van der Waals surface area (Å²) in [4.78, 5) is 4.09. The first kappa shape index (κ1) is 13.3. The monoisotopic (exact) mass is 271 g/mol. The Bertz CT molecular complexity index is 584. The van der Waals surface area contributed by atoms with Crippen molar-refractivity contribution in [3.05, 3.63) is 36.2 Å². The van der Waals surface area contributed by atoms with E-state index in [9.17, 15) is 13.2 Å². The lowest BCUT2D eigenvalue weighted by Gasteiger charge is -2.13. The van der Waals surface area contributed by atoms with Gasteiger partial charge in [-0.25, -0.2) is 9.37 Å². The van der Waals surface area contributed by atoms with Crippen LogP contribution in [0.4, 0.5) is 18.9 Å². The first-order chi connectivity index (χ1) is 9.02. The molecule has 4 nitrogen and oxygen atoms in total. The fourth-order valence-electron chi connectivity index (χ4n) is 1.77. The lowest BCUT2D eigenvalue weighted by molar-refractivity contribution is -0.0521. The van der Waals surface area contributed by atoms with Crippen LogP contribution in [0.3, 0.4) is 0 Å². The number of hydrogen-bond donors (Lipinski definition) is 1. The smallest absolute Gasteiger partial charge is 0.387 e. The molecule has 0 amide bonds. The van der Waals surface area contributed by atoms with Gasteiger partial charge in [-0.1, -0.05) is 6.92 Å². The highest BCUT2D eigenvalue weighted by molar-refractivity contribution is 5.61. The molecule has 7 heteroatoms. The van der Waals surface area contributed by atoms with Crippen molar-refractivity contribution in [3.8, 4) is 11.4 Å². The molecule has 1 aromatic carbocycles. The molecular formula is C12H12F3N3O. The van der Waals surface area contributed by atoms with Crippen molar-refractivity contribution in [1.29, 1.82) is 0 Å². The highest BCUT2D eigenvalue weighted by Gasteiger charge is 2.15. The molecule has 1 heterocycles. The van der Waals surface area contributed by atoms with Crippen molar-refractivity contribution in [3.63, 3.8) is 0 Å². The zero-order valence-electron chi connectivity index (χ0n) is 10.1. The number of nitrogens with zero attached hydrogens (tertiary/aromatic N) is 2. The van der Waals surface area contributed by atoms with E-state index in [4.69, 9.17) is 5.73 Å². The summed E-state index contributed by atoms with van der Waals surface area (Å²) in [7, 11) is 0. The number of nitrogens with two attached hydrogens (primary N) is 1. The Labute approximate surface area is 107 Å². The summed E-state index contributed by atoms with van der Waals surface area (Å²) in [6.07, 6.45) is 3.79. The van der Waals surface area contributed by atoms with Gasteiger partial charge in [0, 0.05) is 30.9 Å². The molecule has 0 bridgehead atoms. The molecule has 2 aromatic rings. The molecule has 1 aromatic heterocycles. The van der Waals surface area contributed by atoms with Gasteiger partial charge in [-0.2, -0.15) is 8.78 Å². The minimum Gasteiger partial charge on any atom is -0.432 e. The van der Waals surface area contributed by atoms with Crippen molar-refractivity contribution in [2.24, 2.45) is 0 Å². The van der Waals surface area contributed by atoms with E-state index in [1.807, 2.05) is 6.92 Å². The molecule has 0 aliphatic rings. The van der Waals surface area contributed by atoms with Crippen LogP contribution < -0.4 is 10.5 Å². The second-order valence-electron chi connectivity index (χ2n) is 3.79. The summed E-state index contributed by atoms with van der Waals surface area (Å²) in [6, 6.07) is 2.09. The van der Waals surface area contributed by atoms with Crippen LogP contribution in [-0.2, 0) is 6.42 Å². The molecule has 0 aliphatic carbocycles. The molecule has 0 fully saturated rings. The number of imidazole rings is 1. The van der Waals surface area contributed by atoms with Crippen LogP contribution in [-0.4, -0.2) is 16.2 Å². The zero-order valence-corrected chi connectivity index (χ0v) is 10.1. The van der Waals surface area contributed by atoms with Crippen LogP contribution >= 0.6 is 0 Å². The van der Waals surface area contributed by atoms with Crippen LogP contribution in [0.5, 0.6) is 5.75 Å². The first-order valence-electron chi connectivity index (χ1n) is 5.59. The lowest BCUT2D eigenvalue weighted by Crippen LogP contribution is -2.08. The van der Waals surface area contributed by atoms with Gasteiger partial charge in [-0.15, -0.1) is 0 Å². The summed E-state index contributed by atoms with van der Waals surface area (Å²) >= 11 is 0. The summed E-state index contributed by atoms with van der Waals surface area (Å²) in [5.41, 5.74) is 6.17. The number of ether oxygens (including phenoxy) is 1. The second-order valence-corrected chi connectivity index (χ2v) is 3.79. The largest absolute Gasteiger partial charge is 0.432 e. The molecule has 102 valence electrons. The number of halogens is 3. The van der Waals surface area contributed by atoms with Gasteiger partial charge in [-0.3, -0.25) is 0 Å². The van der Waals surface area contributed by atoms with Crippen molar-refractivity contribution in [2.75, 3.05) is 5.73 Å². The van der Waals surface area contributed by atoms with E-state index >= 15 is 0 Å². The Hall–Kier alpha value is -2.18. The second kappa shape index (κ2) is 5.21. The average Bonchev–Trinajstić information content (AvgIpc) is 2.80. The Morgan fingerprint density at radius 3 is 2.79 bits per heavy atom. The van der Waals surface area contributed by atoms with Gasteiger partial charge >= 0.3 is 6.61 Å². The van der Waals surface area contributed by atoms with E-state index in [0.29, 0.717) is 17.9 Å². The predicted molar refractivity (Wildman–Crippen MR) is 63.9 cm³/mol. The number of anilines is 1. The van der Waals surface area contributed by atoms with Crippen LogP contribution in [0.25, 0.3) is 5.69 Å². The Balaban J connectivity index is 2.51. The Morgan fingerprint density at radius 1 is 1.42 bits per heavy atom. The molecule has 19 heavy (non-hydrogen) atoms. The fraction of sp³-hybridized carbons (Fsp3) is 0.250. The Morgan fingerprint density at radius 2 is 2.16 bits per heavy atom. The lowest BCUT2D eigenvalue weighted by atomic mass is 10.2. The number of hydrogen-bond acceptors (Lipinski definition) is 3. The molecule has 0 atom stereocenters. The van der Waals surface area contributed by atoms with Gasteiger partial charge in [0.15, 0.2) is 11.6 Å². The maximum absolute atomic E-state index is 13.5. The maximum Gasteiger partial charge on any atom is 0.387 e. The van der Waals surface area contributed by atoms with Gasteiger partial charge in [0.05, 0.1) is 11.4 Å². The third kappa shape index (κ3) is 2.64. The molecule has 0 saturated heterocycles. The summed E-state index contributed by atoms with van der Waals surface area (Å²) in [5.74, 6) is -0.795. The topological polar surface area (TPSA) is 53.1 Å². The standard InChI is InChI=1S/C12H12F3N3O/c1-2-11-17-3-4-18(11)9-6-10(19-12(14)15)7(13)5-8(9)16/h3-6,12H,2,16H2,1H3. The van der Waals surface area contributed by atoms with Gasteiger partial charge in [-0.05, 0) is 0 Å². The van der Waals surface area contributed by atoms with Gasteiger partial charge < -0.3 is 15.0 Å². The van der Waals surface area contributed by atoms with E-state index in [1.165, 1.54) is 0 Å². The summed E-state index contributed by atoms with van der Waals surface area (Å²) < 4.78 is 43.5. The van der Waals surface area contributed by atoms with Crippen LogP contribution in [0.1, 0.15) is 12.7 Å². The molecule has 0 unspecified atom stereocenters. The van der Waals surface area contributed by atoms with Gasteiger partial charge in [0.25, 0.3) is 0 Å². The summed E-state index contributed by atoms with van der Waals surface area (Å²) in [6.45, 7) is -1.21. The summed E-state index contributed by atoms with van der Waals surface area (Å²) in [5, 5.41) is 0. The van der Waals surface area contributed by atoms with E-state index in [-0.39, 0.29) is 5.69 Å². The number of alkyl halides is 2. The Kier molecular flexibility index (Phi) is 3.64. The molecule has 2 N–H and O–H groups in total. The zero-order chi connectivity index (χ0) is 14.0. The quantitative estimate of drug-likeness (QED) is 0.870. The molecule has 0 radical (unpaired) electrons. The third-order valence-electron chi connectivity index (χ3n) is 2.59. The van der Waals surface area contributed by atoms with E-state index < -0.39 is 18.2 Å². The average molecular weight is 271 g/mol. The maximum atomic E-state index is 13.5. The normalized spacial score (nSPS) is 11.0. The molecule has 2 rings (SSSR count). The SMILES string of the molecule is CCc1nccn1-c1cc(OC(F)F)c(F)cc1N. The highest BCUT2D eigenvalue weighted by Crippen LogP contribution is 2.28.